The maximum atomic E-state index is 12.5. The summed E-state index contributed by atoms with van der Waals surface area (Å²) < 4.78 is 0. The average molecular weight is 378 g/mol. The standard InChI is InChI=1S/C20H22Cl2N2O/c1-24(12-15-8-4-10-17(21)20(15)22)13-19(25)23-18-11-5-7-14-6-2-3-9-16(14)18/h2-4,6,8-10,18H,5,7,11-13H2,1H3,(H,23,25)/p+1/t18-/m1/s1. The van der Waals surface area contributed by atoms with Crippen LogP contribution in [0.1, 0.15) is 35.6 Å². The number of carbonyl (C=O) groups excluding carboxylic acids is 1. The number of hydrogen-bond acceptors (Lipinski definition) is 1. The van der Waals surface area contributed by atoms with Crippen LogP contribution in [0.15, 0.2) is 42.5 Å². The second kappa shape index (κ2) is 8.22. The molecule has 0 bridgehead atoms. The lowest BCUT2D eigenvalue weighted by Crippen LogP contribution is -3.08. The van der Waals surface area contributed by atoms with Gasteiger partial charge in [-0.3, -0.25) is 4.79 Å². The molecule has 1 unspecified atom stereocenters. The summed E-state index contributed by atoms with van der Waals surface area (Å²) in [4.78, 5) is 13.6. The van der Waals surface area contributed by atoms with E-state index in [0.717, 1.165) is 29.7 Å². The van der Waals surface area contributed by atoms with E-state index >= 15 is 0 Å². The second-order valence-electron chi connectivity index (χ2n) is 6.73. The third-order valence-corrected chi connectivity index (χ3v) is 5.55. The first-order chi connectivity index (χ1) is 12.0. The predicted octanol–water partition coefficient (Wildman–Crippen LogP) is 3.20. The summed E-state index contributed by atoms with van der Waals surface area (Å²) in [6, 6.07) is 14.1. The molecule has 0 heterocycles. The molecule has 0 aliphatic heterocycles. The summed E-state index contributed by atoms with van der Waals surface area (Å²) in [7, 11) is 1.99. The van der Waals surface area contributed by atoms with E-state index in [9.17, 15) is 4.79 Å². The molecule has 2 atom stereocenters. The molecule has 0 saturated carbocycles. The first-order valence-electron chi connectivity index (χ1n) is 8.66. The van der Waals surface area contributed by atoms with Crippen molar-refractivity contribution in [3.05, 3.63) is 69.2 Å². The summed E-state index contributed by atoms with van der Waals surface area (Å²) >= 11 is 12.3. The molecule has 132 valence electrons. The van der Waals surface area contributed by atoms with E-state index in [1.54, 1.807) is 6.07 Å². The van der Waals surface area contributed by atoms with Crippen LogP contribution in [0.5, 0.6) is 0 Å². The SMILES string of the molecule is C[NH+](CC(=O)N[C@@H]1CCCc2ccccc21)Cc1cccc(Cl)c1Cl. The quantitative estimate of drug-likeness (QED) is 0.823. The monoisotopic (exact) mass is 377 g/mol. The summed E-state index contributed by atoms with van der Waals surface area (Å²) in [5, 5.41) is 4.32. The molecule has 0 fully saturated rings. The first-order valence-corrected chi connectivity index (χ1v) is 9.41. The summed E-state index contributed by atoms with van der Waals surface area (Å²) in [6.07, 6.45) is 3.21. The Morgan fingerprint density at radius 2 is 2.00 bits per heavy atom. The molecule has 2 aromatic carbocycles. The molecule has 2 aromatic rings. The van der Waals surface area contributed by atoms with Crippen LogP contribution in [0.4, 0.5) is 0 Å². The Balaban J connectivity index is 1.59. The molecule has 1 amide bonds. The van der Waals surface area contributed by atoms with Crippen molar-refractivity contribution in [3.63, 3.8) is 0 Å². The molecule has 1 aliphatic carbocycles. The average Bonchev–Trinajstić information content (AvgIpc) is 2.59. The van der Waals surface area contributed by atoms with E-state index in [2.05, 4.69) is 23.5 Å². The molecule has 0 aromatic heterocycles. The van der Waals surface area contributed by atoms with Crippen LogP contribution in [0.2, 0.25) is 10.0 Å². The van der Waals surface area contributed by atoms with Gasteiger partial charge in [-0.1, -0.05) is 59.6 Å². The highest BCUT2D eigenvalue weighted by Crippen LogP contribution is 2.29. The van der Waals surface area contributed by atoms with Gasteiger partial charge in [-0.2, -0.15) is 0 Å². The lowest BCUT2D eigenvalue weighted by atomic mass is 9.88. The number of carbonyl (C=O) groups is 1. The minimum atomic E-state index is 0.0670. The fourth-order valence-corrected chi connectivity index (χ4v) is 3.88. The molecule has 0 radical (unpaired) electrons. The third-order valence-electron chi connectivity index (χ3n) is 4.69. The maximum Gasteiger partial charge on any atom is 0.275 e. The minimum absolute atomic E-state index is 0.0670. The number of aryl methyl sites for hydroxylation is 1. The van der Waals surface area contributed by atoms with Gasteiger partial charge in [-0.25, -0.2) is 0 Å². The number of benzene rings is 2. The van der Waals surface area contributed by atoms with Crippen molar-refractivity contribution in [2.45, 2.75) is 31.8 Å². The number of hydrogen-bond donors (Lipinski definition) is 2. The van der Waals surface area contributed by atoms with Gasteiger partial charge < -0.3 is 10.2 Å². The second-order valence-corrected chi connectivity index (χ2v) is 7.52. The molecule has 5 heteroatoms. The first kappa shape index (κ1) is 18.2. The van der Waals surface area contributed by atoms with Gasteiger partial charge in [-0.05, 0) is 36.5 Å². The third kappa shape index (κ3) is 4.55. The van der Waals surface area contributed by atoms with Crippen LogP contribution in [0, 0.1) is 0 Å². The van der Waals surface area contributed by atoms with Gasteiger partial charge in [0.15, 0.2) is 6.54 Å². The fraction of sp³-hybridized carbons (Fsp3) is 0.350. The normalized spacial score (nSPS) is 17.6. The van der Waals surface area contributed by atoms with Crippen molar-refractivity contribution in [1.29, 1.82) is 0 Å². The number of amides is 1. The van der Waals surface area contributed by atoms with E-state index in [1.807, 2.05) is 25.2 Å². The van der Waals surface area contributed by atoms with Crippen LogP contribution in [-0.4, -0.2) is 19.5 Å². The van der Waals surface area contributed by atoms with Crippen LogP contribution < -0.4 is 10.2 Å². The Bertz CT molecular complexity index is 763. The number of likely N-dealkylation sites (N-methyl/N-ethyl adjacent to an activating group) is 1. The minimum Gasteiger partial charge on any atom is -0.344 e. The van der Waals surface area contributed by atoms with Crippen LogP contribution >= 0.6 is 23.2 Å². The Labute approximate surface area is 158 Å². The van der Waals surface area contributed by atoms with Gasteiger partial charge in [-0.15, -0.1) is 0 Å². The molecule has 3 rings (SSSR count). The van der Waals surface area contributed by atoms with Crippen molar-refractivity contribution in [1.82, 2.24) is 5.32 Å². The predicted molar refractivity (Wildman–Crippen MR) is 102 cm³/mol. The Morgan fingerprint density at radius 1 is 1.20 bits per heavy atom. The number of nitrogens with one attached hydrogen (secondary N) is 2. The van der Waals surface area contributed by atoms with Crippen molar-refractivity contribution < 1.29 is 9.69 Å². The topological polar surface area (TPSA) is 33.5 Å². The smallest absolute Gasteiger partial charge is 0.275 e. The maximum absolute atomic E-state index is 12.5. The molecule has 25 heavy (non-hydrogen) atoms. The molecule has 0 spiro atoms. The molecular weight excluding hydrogens is 355 g/mol. The molecule has 2 N–H and O–H groups in total. The number of quaternary nitrogens is 1. The Morgan fingerprint density at radius 3 is 2.84 bits per heavy atom. The zero-order valence-electron chi connectivity index (χ0n) is 14.3. The number of rotatable bonds is 5. The lowest BCUT2D eigenvalue weighted by Gasteiger charge is -2.26. The summed E-state index contributed by atoms with van der Waals surface area (Å²) in [6.45, 7) is 1.07. The molecule has 3 nitrogen and oxygen atoms in total. The van der Waals surface area contributed by atoms with Gasteiger partial charge >= 0.3 is 0 Å². The van der Waals surface area contributed by atoms with Gasteiger partial charge in [0.25, 0.3) is 5.91 Å². The van der Waals surface area contributed by atoms with E-state index in [1.165, 1.54) is 11.1 Å². The van der Waals surface area contributed by atoms with Gasteiger partial charge in [0, 0.05) is 5.56 Å². The lowest BCUT2D eigenvalue weighted by molar-refractivity contribution is -0.885. The molecular formula is C20H23Cl2N2O+. The number of fused-ring (bicyclic) bond motifs is 1. The zero-order valence-corrected chi connectivity index (χ0v) is 15.8. The van der Waals surface area contributed by atoms with E-state index in [4.69, 9.17) is 23.2 Å². The van der Waals surface area contributed by atoms with Crippen molar-refractivity contribution in [3.8, 4) is 0 Å². The highest BCUT2D eigenvalue weighted by molar-refractivity contribution is 6.42. The zero-order chi connectivity index (χ0) is 17.8. The van der Waals surface area contributed by atoms with Crippen molar-refractivity contribution in [2.75, 3.05) is 13.6 Å². The van der Waals surface area contributed by atoms with E-state index < -0.39 is 0 Å². The van der Waals surface area contributed by atoms with E-state index in [0.29, 0.717) is 23.1 Å². The highest BCUT2D eigenvalue weighted by Gasteiger charge is 2.22. The van der Waals surface area contributed by atoms with Crippen LogP contribution in [0.25, 0.3) is 0 Å². The molecule has 1 aliphatic rings. The Hall–Kier alpha value is -1.55. The van der Waals surface area contributed by atoms with Crippen LogP contribution in [0.3, 0.4) is 0 Å². The van der Waals surface area contributed by atoms with Gasteiger partial charge in [0.05, 0.1) is 23.1 Å². The summed E-state index contributed by atoms with van der Waals surface area (Å²) in [5.74, 6) is 0.0670. The van der Waals surface area contributed by atoms with Gasteiger partial charge in [0.1, 0.15) is 6.54 Å². The highest BCUT2D eigenvalue weighted by atomic mass is 35.5. The number of halogens is 2. The van der Waals surface area contributed by atoms with Crippen molar-refractivity contribution >= 4 is 29.1 Å². The Kier molecular flexibility index (Phi) is 6.00. The summed E-state index contributed by atoms with van der Waals surface area (Å²) in [5.41, 5.74) is 3.57. The molecule has 0 saturated heterocycles. The van der Waals surface area contributed by atoms with Gasteiger partial charge in [0.2, 0.25) is 0 Å². The van der Waals surface area contributed by atoms with Crippen LogP contribution in [-0.2, 0) is 17.8 Å². The fourth-order valence-electron chi connectivity index (χ4n) is 3.50. The van der Waals surface area contributed by atoms with E-state index in [-0.39, 0.29) is 11.9 Å². The largest absolute Gasteiger partial charge is 0.344 e. The van der Waals surface area contributed by atoms with Crippen molar-refractivity contribution in [2.24, 2.45) is 0 Å².